The number of carboxylic acid groups (broad SMARTS) is 1. The second-order valence-corrected chi connectivity index (χ2v) is 14.4. The lowest BCUT2D eigenvalue weighted by atomic mass is 10.2. The zero-order valence-electron chi connectivity index (χ0n) is 30.1. The normalized spacial score (nSPS) is 16.6. The predicted octanol–water partition coefficient (Wildman–Crippen LogP) is 3.12. The first-order chi connectivity index (χ1) is 25.4. The summed E-state index contributed by atoms with van der Waals surface area (Å²) in [4.78, 5) is 77.4. The number of carbonyl (C=O) groups is 5. The average Bonchev–Trinajstić information content (AvgIpc) is 3.64. The Labute approximate surface area is 307 Å². The zero-order valence-corrected chi connectivity index (χ0v) is 31.0. The molecule has 0 unspecified atom stereocenters. The van der Waals surface area contributed by atoms with Crippen LogP contribution in [0.5, 0.6) is 0 Å². The van der Waals surface area contributed by atoms with Crippen LogP contribution >= 0.6 is 7.60 Å². The van der Waals surface area contributed by atoms with E-state index in [1.165, 1.54) is 11.0 Å². The van der Waals surface area contributed by atoms with Gasteiger partial charge in [0.15, 0.2) is 5.82 Å². The molecule has 0 aliphatic carbocycles. The van der Waals surface area contributed by atoms with Gasteiger partial charge in [-0.3, -0.25) is 32.8 Å². The highest BCUT2D eigenvalue weighted by molar-refractivity contribution is 7.54. The largest absolute Gasteiger partial charge is 0.465 e. The van der Waals surface area contributed by atoms with Crippen molar-refractivity contribution in [3.8, 4) is 11.4 Å². The molecule has 290 valence electrons. The molecule has 0 radical (unpaired) electrons. The van der Waals surface area contributed by atoms with Gasteiger partial charge in [0.1, 0.15) is 17.6 Å². The van der Waals surface area contributed by atoms with E-state index in [0.717, 1.165) is 11.3 Å². The van der Waals surface area contributed by atoms with Gasteiger partial charge >= 0.3 is 25.6 Å². The lowest BCUT2D eigenvalue weighted by molar-refractivity contribution is -0.152. The number of aromatic nitrogens is 2. The number of rotatable bonds is 18. The first-order valence-electron chi connectivity index (χ1n) is 17.4. The van der Waals surface area contributed by atoms with E-state index >= 15 is 0 Å². The molecular formula is C34H47N6O12P. The van der Waals surface area contributed by atoms with Gasteiger partial charge in [0.2, 0.25) is 19.5 Å². The Bertz CT molecular complexity index is 1600. The maximum Gasteiger partial charge on any atom is 0.407 e. The average molecular weight is 763 g/mol. The Kier molecular flexibility index (Phi) is 15.5. The highest BCUT2D eigenvalue weighted by Crippen LogP contribution is 2.49. The number of hydrogen-bond donors (Lipinski definition) is 2. The third kappa shape index (κ3) is 12.2. The van der Waals surface area contributed by atoms with E-state index in [0.29, 0.717) is 37.3 Å². The lowest BCUT2D eigenvalue weighted by Gasteiger charge is -2.35. The minimum absolute atomic E-state index is 0.00116. The van der Waals surface area contributed by atoms with Crippen molar-refractivity contribution in [1.82, 2.24) is 25.1 Å². The van der Waals surface area contributed by atoms with Gasteiger partial charge in [-0.05, 0) is 19.3 Å². The molecule has 3 amide bonds. The van der Waals surface area contributed by atoms with Crippen LogP contribution < -0.4 is 10.2 Å². The Hall–Kier alpha value is -4.64. The molecule has 2 atom stereocenters. The second kappa shape index (κ2) is 20.0. The monoisotopic (exact) mass is 762 g/mol. The van der Waals surface area contributed by atoms with Crippen LogP contribution in [0.25, 0.3) is 11.4 Å². The molecule has 4 rings (SSSR count). The summed E-state index contributed by atoms with van der Waals surface area (Å²) >= 11 is 0. The van der Waals surface area contributed by atoms with Gasteiger partial charge in [0.25, 0.3) is 5.91 Å². The minimum atomic E-state index is -4.48. The molecule has 53 heavy (non-hydrogen) atoms. The van der Waals surface area contributed by atoms with Crippen molar-refractivity contribution < 1.29 is 56.9 Å². The number of anilines is 1. The number of methoxy groups -OCH3 is 1. The zero-order chi connectivity index (χ0) is 38.4. The molecule has 2 aliphatic rings. The molecule has 2 aliphatic heterocycles. The third-order valence-corrected chi connectivity index (χ3v) is 10.3. The van der Waals surface area contributed by atoms with Gasteiger partial charge in [-0.25, -0.2) is 14.8 Å². The minimum Gasteiger partial charge on any atom is -0.465 e. The van der Waals surface area contributed by atoms with Crippen LogP contribution in [0.1, 0.15) is 56.4 Å². The SMILES string of the molecule is CCCC(=O)OCOP(=O)(C[C@@H](NC(=O)c1cc(N2CC[C@H](OC)C2)nc(-c2ccccc2)n1)C(=O)N1CCN(C(=O)O)CC1)OCOC(=O)CCC. The molecule has 2 fully saturated rings. The molecule has 2 saturated heterocycles. The van der Waals surface area contributed by atoms with Crippen LogP contribution in [0.3, 0.4) is 0 Å². The summed E-state index contributed by atoms with van der Waals surface area (Å²) in [5.74, 6) is -2.07. The summed E-state index contributed by atoms with van der Waals surface area (Å²) in [7, 11) is -2.85. The number of amides is 3. The number of ether oxygens (including phenoxy) is 3. The highest BCUT2D eigenvalue weighted by Gasteiger charge is 2.39. The first-order valence-corrected chi connectivity index (χ1v) is 19.2. The molecule has 0 bridgehead atoms. The maximum atomic E-state index is 14.2. The van der Waals surface area contributed by atoms with E-state index in [4.69, 9.17) is 28.2 Å². The molecule has 3 heterocycles. The van der Waals surface area contributed by atoms with Gasteiger partial charge in [0.05, 0.1) is 12.3 Å². The first kappa shape index (κ1) is 41.1. The van der Waals surface area contributed by atoms with E-state index in [-0.39, 0.29) is 56.6 Å². The Balaban J connectivity index is 1.65. The van der Waals surface area contributed by atoms with Crippen molar-refractivity contribution in [3.05, 3.63) is 42.1 Å². The molecule has 1 aromatic heterocycles. The molecule has 0 saturated carbocycles. The van der Waals surface area contributed by atoms with Crippen molar-refractivity contribution in [2.75, 3.05) is 71.0 Å². The van der Waals surface area contributed by atoms with E-state index in [1.807, 2.05) is 11.0 Å². The van der Waals surface area contributed by atoms with Crippen molar-refractivity contribution in [2.24, 2.45) is 0 Å². The van der Waals surface area contributed by atoms with Crippen LogP contribution in [-0.4, -0.2) is 133 Å². The van der Waals surface area contributed by atoms with Crippen molar-refractivity contribution in [2.45, 2.75) is 58.1 Å². The summed E-state index contributed by atoms with van der Waals surface area (Å²) in [5, 5.41) is 12.1. The fourth-order valence-electron chi connectivity index (χ4n) is 5.58. The number of carbonyl (C=O) groups excluding carboxylic acids is 4. The summed E-state index contributed by atoms with van der Waals surface area (Å²) in [6.45, 7) is 3.02. The molecule has 1 aromatic carbocycles. The lowest BCUT2D eigenvalue weighted by Crippen LogP contribution is -2.56. The molecule has 0 spiro atoms. The van der Waals surface area contributed by atoms with Crippen LogP contribution in [0.15, 0.2) is 36.4 Å². The van der Waals surface area contributed by atoms with Crippen LogP contribution in [-0.2, 0) is 42.2 Å². The van der Waals surface area contributed by atoms with Gasteiger partial charge in [0, 0.05) is 70.8 Å². The summed E-state index contributed by atoms with van der Waals surface area (Å²) in [6, 6.07) is 8.92. The fraction of sp³-hybridized carbons (Fsp3) is 0.559. The highest BCUT2D eigenvalue weighted by atomic mass is 31.2. The van der Waals surface area contributed by atoms with Gasteiger partial charge < -0.3 is 39.3 Å². The number of esters is 2. The van der Waals surface area contributed by atoms with Crippen LogP contribution in [0.4, 0.5) is 10.6 Å². The van der Waals surface area contributed by atoms with E-state index in [1.54, 1.807) is 45.2 Å². The second-order valence-electron chi connectivity index (χ2n) is 12.3. The molecule has 18 nitrogen and oxygen atoms in total. The number of benzene rings is 1. The standard InChI is InChI=1S/C34H47N6O12P/c1-4-9-29(41)49-22-51-53(47,52-23-50-30(42)10-5-2)21-27(33(44)38-15-17-39(18-16-38)34(45)46)36-32(43)26-19-28(40-14-13-25(20-40)48-3)37-31(35-26)24-11-7-6-8-12-24/h6-8,11-12,19,25,27H,4-5,9-10,13-18,20-23H2,1-3H3,(H,36,43)(H,45,46)/t25-,27+/m0/s1. The Morgan fingerprint density at radius 3 is 2.06 bits per heavy atom. The fourth-order valence-corrected chi connectivity index (χ4v) is 6.98. The summed E-state index contributed by atoms with van der Waals surface area (Å²) in [6.07, 6.45) is -0.103. The van der Waals surface area contributed by atoms with Crippen molar-refractivity contribution >= 4 is 43.3 Å². The number of nitrogens with zero attached hydrogens (tertiary/aromatic N) is 5. The smallest absolute Gasteiger partial charge is 0.407 e. The van der Waals surface area contributed by atoms with E-state index in [9.17, 15) is 33.6 Å². The quantitative estimate of drug-likeness (QED) is 0.127. The Morgan fingerprint density at radius 2 is 1.51 bits per heavy atom. The summed E-state index contributed by atoms with van der Waals surface area (Å²) < 4.78 is 40.6. The van der Waals surface area contributed by atoms with E-state index < -0.39 is 63.2 Å². The third-order valence-electron chi connectivity index (χ3n) is 8.50. The van der Waals surface area contributed by atoms with Crippen LogP contribution in [0.2, 0.25) is 0 Å². The van der Waals surface area contributed by atoms with Crippen molar-refractivity contribution in [1.29, 1.82) is 0 Å². The predicted molar refractivity (Wildman–Crippen MR) is 189 cm³/mol. The molecule has 2 aromatic rings. The van der Waals surface area contributed by atoms with Gasteiger partial charge in [-0.1, -0.05) is 44.2 Å². The summed E-state index contributed by atoms with van der Waals surface area (Å²) in [5.41, 5.74) is 0.540. The van der Waals surface area contributed by atoms with Gasteiger partial charge in [-0.15, -0.1) is 0 Å². The van der Waals surface area contributed by atoms with E-state index in [2.05, 4.69) is 10.3 Å². The molecule has 19 heteroatoms. The topological polar surface area (TPSA) is 216 Å². The van der Waals surface area contributed by atoms with Crippen LogP contribution in [0, 0.1) is 0 Å². The Morgan fingerprint density at radius 1 is 0.906 bits per heavy atom. The molecular weight excluding hydrogens is 715 g/mol. The number of piperazine rings is 1. The van der Waals surface area contributed by atoms with Gasteiger partial charge in [-0.2, -0.15) is 0 Å². The molecule has 2 N–H and O–H groups in total. The van der Waals surface area contributed by atoms with Crippen molar-refractivity contribution in [3.63, 3.8) is 0 Å². The number of hydrogen-bond acceptors (Lipinski definition) is 14. The maximum absolute atomic E-state index is 14.2. The number of nitrogens with one attached hydrogen (secondary N) is 1.